The van der Waals surface area contributed by atoms with Gasteiger partial charge >= 0.3 is 0 Å². The summed E-state index contributed by atoms with van der Waals surface area (Å²) in [6.45, 7) is 2.48. The van der Waals surface area contributed by atoms with Gasteiger partial charge in [0.05, 0.1) is 5.69 Å². The van der Waals surface area contributed by atoms with Crippen molar-refractivity contribution >= 4 is 10.9 Å². The summed E-state index contributed by atoms with van der Waals surface area (Å²) >= 11 is 0. The highest BCUT2D eigenvalue weighted by atomic mass is 19.1. The molecule has 0 spiro atoms. The van der Waals surface area contributed by atoms with Gasteiger partial charge in [0.2, 0.25) is 0 Å². The summed E-state index contributed by atoms with van der Waals surface area (Å²) in [6.07, 6.45) is 0. The predicted octanol–water partition coefficient (Wildman–Crippen LogP) is 4.19. The van der Waals surface area contributed by atoms with E-state index in [9.17, 15) is 4.39 Å². The quantitative estimate of drug-likeness (QED) is 0.745. The minimum atomic E-state index is -0.287. The molecule has 0 aliphatic rings. The van der Waals surface area contributed by atoms with Crippen LogP contribution in [0.1, 0.15) is 11.3 Å². The molecule has 2 aromatic carbocycles. The molecule has 0 radical (unpaired) electrons. The van der Waals surface area contributed by atoms with Gasteiger partial charge in [-0.1, -0.05) is 18.2 Å². The van der Waals surface area contributed by atoms with E-state index in [1.165, 1.54) is 23.1 Å². The van der Waals surface area contributed by atoms with Crippen LogP contribution in [0.2, 0.25) is 0 Å². The van der Waals surface area contributed by atoms with E-state index >= 15 is 0 Å². The second-order valence-corrected chi connectivity index (χ2v) is 4.58. The van der Waals surface area contributed by atoms with Crippen molar-refractivity contribution in [2.45, 2.75) is 13.5 Å². The van der Waals surface area contributed by atoms with E-state index < -0.39 is 0 Å². The Balaban J connectivity index is 1.80. The molecule has 3 rings (SSSR count). The van der Waals surface area contributed by atoms with Crippen LogP contribution in [0, 0.1) is 12.7 Å². The maximum absolute atomic E-state index is 13.0. The molecule has 0 aliphatic carbocycles. The van der Waals surface area contributed by atoms with Gasteiger partial charge in [0.25, 0.3) is 0 Å². The fourth-order valence-electron chi connectivity index (χ4n) is 2.16. The molecule has 19 heavy (non-hydrogen) atoms. The number of hydrogen-bond acceptors (Lipinski definition) is 1. The Bertz CT molecular complexity index is 718. The van der Waals surface area contributed by atoms with E-state index in [4.69, 9.17) is 4.74 Å². The van der Waals surface area contributed by atoms with Crippen LogP contribution in [-0.2, 0) is 6.61 Å². The first-order valence-corrected chi connectivity index (χ1v) is 6.18. The van der Waals surface area contributed by atoms with Crippen molar-refractivity contribution in [2.24, 2.45) is 0 Å². The molecule has 96 valence electrons. The molecule has 3 heteroatoms. The third kappa shape index (κ3) is 2.45. The molecule has 0 saturated heterocycles. The Morgan fingerprint density at radius 3 is 2.74 bits per heavy atom. The van der Waals surface area contributed by atoms with Gasteiger partial charge in [0, 0.05) is 17.0 Å². The second kappa shape index (κ2) is 4.76. The lowest BCUT2D eigenvalue weighted by atomic mass is 10.1. The predicted molar refractivity (Wildman–Crippen MR) is 73.8 cm³/mol. The number of aryl methyl sites for hydroxylation is 1. The van der Waals surface area contributed by atoms with Crippen molar-refractivity contribution in [3.05, 3.63) is 65.6 Å². The summed E-state index contributed by atoms with van der Waals surface area (Å²) in [5.74, 6) is 0.250. The number of nitrogens with one attached hydrogen (secondary N) is 1. The van der Waals surface area contributed by atoms with E-state index in [2.05, 4.69) is 24.0 Å². The van der Waals surface area contributed by atoms with Gasteiger partial charge in [-0.2, -0.15) is 0 Å². The third-order valence-electron chi connectivity index (χ3n) is 3.13. The number of fused-ring (bicyclic) bond motifs is 1. The summed E-state index contributed by atoms with van der Waals surface area (Å²) in [7, 11) is 0. The molecule has 1 N–H and O–H groups in total. The van der Waals surface area contributed by atoms with Gasteiger partial charge < -0.3 is 9.72 Å². The third-order valence-corrected chi connectivity index (χ3v) is 3.13. The van der Waals surface area contributed by atoms with Gasteiger partial charge in [-0.25, -0.2) is 4.39 Å². The lowest BCUT2D eigenvalue weighted by Gasteiger charge is -2.04. The first kappa shape index (κ1) is 11.8. The molecule has 0 saturated carbocycles. The van der Waals surface area contributed by atoms with Gasteiger partial charge in [0.15, 0.2) is 0 Å². The summed E-state index contributed by atoms with van der Waals surface area (Å²) in [5.41, 5.74) is 3.30. The van der Waals surface area contributed by atoms with Crippen LogP contribution in [-0.4, -0.2) is 4.98 Å². The fourth-order valence-corrected chi connectivity index (χ4v) is 2.16. The molecule has 0 bridgehead atoms. The Morgan fingerprint density at radius 2 is 1.95 bits per heavy atom. The summed E-state index contributed by atoms with van der Waals surface area (Å²) in [4.78, 5) is 3.30. The maximum Gasteiger partial charge on any atom is 0.128 e. The second-order valence-electron chi connectivity index (χ2n) is 4.58. The van der Waals surface area contributed by atoms with Crippen molar-refractivity contribution in [1.29, 1.82) is 0 Å². The van der Waals surface area contributed by atoms with E-state index in [1.807, 2.05) is 12.1 Å². The highest BCUT2D eigenvalue weighted by Crippen LogP contribution is 2.20. The number of H-pyrrole nitrogens is 1. The van der Waals surface area contributed by atoms with Crippen molar-refractivity contribution in [2.75, 3.05) is 0 Å². The lowest BCUT2D eigenvalue weighted by molar-refractivity contribution is 0.301. The number of hydrogen-bond donors (Lipinski definition) is 1. The van der Waals surface area contributed by atoms with E-state index in [1.54, 1.807) is 12.1 Å². The van der Waals surface area contributed by atoms with Gasteiger partial charge in [0.1, 0.15) is 18.2 Å². The molecule has 1 heterocycles. The van der Waals surface area contributed by atoms with Crippen LogP contribution in [0.3, 0.4) is 0 Å². The minimum Gasteiger partial charge on any atom is -0.487 e. The number of benzene rings is 2. The molecule has 0 aliphatic heterocycles. The fraction of sp³-hybridized carbons (Fsp3) is 0.125. The molecule has 0 atom stereocenters. The zero-order valence-electron chi connectivity index (χ0n) is 10.6. The smallest absolute Gasteiger partial charge is 0.128 e. The molecule has 0 amide bonds. The normalized spacial score (nSPS) is 10.8. The molecule has 3 aromatic rings. The monoisotopic (exact) mass is 255 g/mol. The number of aromatic amines is 1. The lowest BCUT2D eigenvalue weighted by Crippen LogP contribution is -1.95. The van der Waals surface area contributed by atoms with Gasteiger partial charge in [-0.05, 0) is 36.8 Å². The first-order valence-electron chi connectivity index (χ1n) is 6.18. The average Bonchev–Trinajstić information content (AvgIpc) is 2.81. The van der Waals surface area contributed by atoms with Crippen LogP contribution in [0.25, 0.3) is 10.9 Å². The van der Waals surface area contributed by atoms with Crippen molar-refractivity contribution in [3.63, 3.8) is 0 Å². The minimum absolute atomic E-state index is 0.287. The first-order chi connectivity index (χ1) is 9.22. The van der Waals surface area contributed by atoms with Crippen LogP contribution in [0.4, 0.5) is 4.39 Å². The highest BCUT2D eigenvalue weighted by molar-refractivity contribution is 5.83. The topological polar surface area (TPSA) is 25.0 Å². The summed E-state index contributed by atoms with van der Waals surface area (Å²) in [6, 6.07) is 14.4. The summed E-state index contributed by atoms with van der Waals surface area (Å²) < 4.78 is 18.6. The van der Waals surface area contributed by atoms with Crippen LogP contribution < -0.4 is 4.74 Å². The number of rotatable bonds is 3. The van der Waals surface area contributed by atoms with Crippen molar-refractivity contribution < 1.29 is 9.13 Å². The molecule has 1 aromatic heterocycles. The Morgan fingerprint density at radius 1 is 1.11 bits per heavy atom. The number of halogens is 1. The van der Waals surface area contributed by atoms with Gasteiger partial charge in [-0.3, -0.25) is 0 Å². The SMILES string of the molecule is Cc1cccc2[nH]c(COc3cccc(F)c3)cc12. The Kier molecular flexibility index (Phi) is 2.95. The Hall–Kier alpha value is -2.29. The van der Waals surface area contributed by atoms with Crippen LogP contribution in [0.5, 0.6) is 5.75 Å². The zero-order chi connectivity index (χ0) is 13.2. The zero-order valence-corrected chi connectivity index (χ0v) is 10.6. The summed E-state index contributed by atoms with van der Waals surface area (Å²) in [5, 5.41) is 1.19. The van der Waals surface area contributed by atoms with E-state index in [-0.39, 0.29) is 5.82 Å². The Labute approximate surface area is 110 Å². The van der Waals surface area contributed by atoms with Crippen molar-refractivity contribution in [1.82, 2.24) is 4.98 Å². The maximum atomic E-state index is 13.0. The molecular formula is C16H14FNO. The van der Waals surface area contributed by atoms with E-state index in [0.717, 1.165) is 11.2 Å². The van der Waals surface area contributed by atoms with Crippen LogP contribution >= 0.6 is 0 Å². The van der Waals surface area contributed by atoms with Crippen molar-refractivity contribution in [3.8, 4) is 5.75 Å². The van der Waals surface area contributed by atoms with Gasteiger partial charge in [-0.15, -0.1) is 0 Å². The molecule has 0 unspecified atom stereocenters. The molecular weight excluding hydrogens is 241 g/mol. The molecule has 2 nitrogen and oxygen atoms in total. The standard InChI is InChI=1S/C16H14FNO/c1-11-4-2-7-16-15(11)9-13(18-16)10-19-14-6-3-5-12(17)8-14/h2-9,18H,10H2,1H3. The average molecular weight is 255 g/mol. The number of ether oxygens (including phenoxy) is 1. The number of aromatic nitrogens is 1. The highest BCUT2D eigenvalue weighted by Gasteiger charge is 2.04. The van der Waals surface area contributed by atoms with Crippen LogP contribution in [0.15, 0.2) is 48.5 Å². The largest absolute Gasteiger partial charge is 0.487 e. The van der Waals surface area contributed by atoms with E-state index in [0.29, 0.717) is 12.4 Å². The molecule has 0 fully saturated rings.